The van der Waals surface area contributed by atoms with Crippen molar-refractivity contribution < 1.29 is 12.9 Å². The first-order valence-corrected chi connectivity index (χ1v) is 3.40. The Labute approximate surface area is 71.6 Å². The summed E-state index contributed by atoms with van der Waals surface area (Å²) < 4.78 is 36.3. The van der Waals surface area contributed by atoms with Gasteiger partial charge in [-0.05, 0) is 0 Å². The predicted octanol–water partition coefficient (Wildman–Crippen LogP) is 1.37. The molecule has 0 aliphatic rings. The molecule has 0 radical (unpaired) electrons. The predicted molar refractivity (Wildman–Crippen MR) is 42.4 cm³/mol. The highest BCUT2D eigenvalue weighted by atomic mass is 35.5. The third-order valence-corrected chi connectivity index (χ3v) is 1.48. The first-order chi connectivity index (χ1) is 5.41. The quantitative estimate of drug-likeness (QED) is 0.687. The fourth-order valence-electron chi connectivity index (χ4n) is 0.728. The largest absolute Gasteiger partial charge is 0.513 e. The van der Waals surface area contributed by atoms with E-state index in [4.69, 9.17) is 17.3 Å². The van der Waals surface area contributed by atoms with Crippen LogP contribution in [-0.2, 0) is 0 Å². The molecule has 12 heavy (non-hydrogen) atoms. The summed E-state index contributed by atoms with van der Waals surface area (Å²) in [6.07, 6.45) is 1.07. The van der Waals surface area contributed by atoms with Gasteiger partial charge in [0.25, 0.3) is 0 Å². The van der Waals surface area contributed by atoms with Crippen molar-refractivity contribution in [2.45, 2.75) is 0 Å². The summed E-state index contributed by atoms with van der Waals surface area (Å²) in [5.41, 5.74) is 4.06. The van der Waals surface area contributed by atoms with Crippen LogP contribution >= 0.6 is 11.6 Å². The molecule has 1 heterocycles. The van der Waals surface area contributed by atoms with Gasteiger partial charge >= 0.3 is 6.98 Å². The van der Waals surface area contributed by atoms with Crippen molar-refractivity contribution in [3.05, 3.63) is 17.3 Å². The number of rotatable bonds is 1. The van der Waals surface area contributed by atoms with Crippen LogP contribution in [0.5, 0.6) is 0 Å². The fraction of sp³-hybridized carbons (Fsp3) is 0. The van der Waals surface area contributed by atoms with E-state index in [2.05, 4.69) is 4.98 Å². The molecule has 0 aliphatic carbocycles. The monoisotopic (exact) mass is 195 g/mol. The molecule has 0 spiro atoms. The molecule has 2 nitrogen and oxygen atoms in total. The number of nitrogens with zero attached hydrogens (tertiary/aromatic N) is 1. The summed E-state index contributed by atoms with van der Waals surface area (Å²) >= 11 is 5.31. The van der Waals surface area contributed by atoms with Crippen LogP contribution in [0.2, 0.25) is 5.02 Å². The third-order valence-electron chi connectivity index (χ3n) is 1.27. The minimum absolute atomic E-state index is 0.0709. The minimum Gasteiger partial charge on any atom is -0.445 e. The molecule has 0 saturated carbocycles. The molecule has 0 fully saturated rings. The summed E-state index contributed by atoms with van der Waals surface area (Å²) in [5, 5.41) is -0.0709. The van der Waals surface area contributed by atoms with Crippen LogP contribution in [0.1, 0.15) is 0 Å². The van der Waals surface area contributed by atoms with Gasteiger partial charge in [-0.1, -0.05) is 23.1 Å². The Morgan fingerprint density at radius 2 is 2.00 bits per heavy atom. The summed E-state index contributed by atoms with van der Waals surface area (Å²) in [6.45, 7) is -5.12. The van der Waals surface area contributed by atoms with Crippen molar-refractivity contribution in [1.82, 2.24) is 4.98 Å². The van der Waals surface area contributed by atoms with E-state index in [1.807, 2.05) is 0 Å². The molecular weight excluding hydrogens is 191 g/mol. The molecule has 66 valence electrons. The molecule has 0 aliphatic heterocycles. The lowest BCUT2D eigenvalue weighted by Crippen LogP contribution is -2.36. The molecule has 0 amide bonds. The maximum absolute atomic E-state index is 12.1. The molecule has 0 bridgehead atoms. The van der Waals surface area contributed by atoms with E-state index in [-0.39, 0.29) is 5.02 Å². The van der Waals surface area contributed by atoms with Crippen LogP contribution in [0.15, 0.2) is 12.3 Å². The normalized spacial score (nSPS) is 11.7. The molecular formula is C5H4BClF3N2-. The van der Waals surface area contributed by atoms with E-state index in [0.717, 1.165) is 12.3 Å². The molecule has 1 aromatic rings. The molecule has 0 aromatic carbocycles. The van der Waals surface area contributed by atoms with Crippen molar-refractivity contribution in [3.63, 3.8) is 0 Å². The van der Waals surface area contributed by atoms with Gasteiger partial charge in [0.1, 0.15) is 0 Å². The number of aromatic nitrogens is 1. The number of hydrogen-bond acceptors (Lipinski definition) is 2. The zero-order valence-electron chi connectivity index (χ0n) is 5.77. The minimum atomic E-state index is -5.12. The highest BCUT2D eigenvalue weighted by Crippen LogP contribution is 2.15. The van der Waals surface area contributed by atoms with Crippen LogP contribution < -0.4 is 11.2 Å². The number of hydrogen-bond donors (Lipinski definition) is 1. The molecule has 0 unspecified atom stereocenters. The second kappa shape index (κ2) is 2.86. The highest BCUT2D eigenvalue weighted by Gasteiger charge is 2.28. The topological polar surface area (TPSA) is 38.9 Å². The van der Waals surface area contributed by atoms with Crippen molar-refractivity contribution in [3.8, 4) is 0 Å². The SMILES string of the molecule is Nc1ncc(Cl)cc1[B-](F)(F)F. The van der Waals surface area contributed by atoms with Gasteiger partial charge < -0.3 is 18.7 Å². The van der Waals surface area contributed by atoms with Gasteiger partial charge in [-0.25, -0.2) is 4.98 Å². The van der Waals surface area contributed by atoms with Gasteiger partial charge in [-0.2, -0.15) is 0 Å². The van der Waals surface area contributed by atoms with E-state index in [9.17, 15) is 12.9 Å². The molecule has 0 saturated heterocycles. The van der Waals surface area contributed by atoms with Crippen LogP contribution in [0.3, 0.4) is 0 Å². The molecule has 0 atom stereocenters. The number of halogens is 4. The van der Waals surface area contributed by atoms with Crippen LogP contribution in [0.4, 0.5) is 18.8 Å². The van der Waals surface area contributed by atoms with Crippen LogP contribution in [0, 0.1) is 0 Å². The lowest BCUT2D eigenvalue weighted by molar-refractivity contribution is 0.501. The van der Waals surface area contributed by atoms with Crippen LogP contribution in [0.25, 0.3) is 0 Å². The van der Waals surface area contributed by atoms with E-state index >= 15 is 0 Å². The number of anilines is 1. The zero-order valence-corrected chi connectivity index (χ0v) is 6.52. The van der Waals surface area contributed by atoms with Gasteiger partial charge in [-0.3, -0.25) is 0 Å². The Bertz CT molecular complexity index is 301. The first-order valence-electron chi connectivity index (χ1n) is 3.02. The lowest BCUT2D eigenvalue weighted by atomic mass is 9.80. The maximum Gasteiger partial charge on any atom is 0.513 e. The van der Waals surface area contributed by atoms with E-state index in [0.29, 0.717) is 0 Å². The molecule has 2 N–H and O–H groups in total. The Balaban J connectivity index is 3.23. The summed E-state index contributed by atoms with van der Waals surface area (Å²) in [5.74, 6) is -0.535. The number of nitrogen functional groups attached to an aromatic ring is 1. The van der Waals surface area contributed by atoms with Crippen LogP contribution in [-0.4, -0.2) is 12.0 Å². The van der Waals surface area contributed by atoms with Crippen molar-refractivity contribution in [1.29, 1.82) is 0 Å². The molecule has 7 heteroatoms. The second-order valence-corrected chi connectivity index (χ2v) is 2.64. The smallest absolute Gasteiger partial charge is 0.445 e. The van der Waals surface area contributed by atoms with Crippen molar-refractivity contribution in [2.24, 2.45) is 0 Å². The maximum atomic E-state index is 12.1. The summed E-state index contributed by atoms with van der Waals surface area (Å²) in [6, 6.07) is 0.768. The Morgan fingerprint density at radius 1 is 1.42 bits per heavy atom. The zero-order chi connectivity index (χ0) is 9.35. The number of nitrogens with two attached hydrogens (primary N) is 1. The first kappa shape index (κ1) is 9.19. The van der Waals surface area contributed by atoms with Gasteiger partial charge in [0.2, 0.25) is 0 Å². The van der Waals surface area contributed by atoms with Gasteiger partial charge in [0.05, 0.1) is 10.8 Å². The third kappa shape index (κ3) is 1.82. The van der Waals surface area contributed by atoms with E-state index in [1.54, 1.807) is 0 Å². The van der Waals surface area contributed by atoms with E-state index in [1.165, 1.54) is 0 Å². The standard InChI is InChI=1S/C5H4BClF3N2/c7-3-1-4(6(8,9)10)5(11)12-2-3/h1-2H,(H2,11,12)/q-1. The highest BCUT2D eigenvalue weighted by molar-refractivity contribution is 6.75. The van der Waals surface area contributed by atoms with E-state index < -0.39 is 18.3 Å². The summed E-state index contributed by atoms with van der Waals surface area (Å²) in [7, 11) is 0. The average molecular weight is 195 g/mol. The van der Waals surface area contributed by atoms with Gasteiger partial charge in [0.15, 0.2) is 0 Å². The van der Waals surface area contributed by atoms with Gasteiger partial charge in [0, 0.05) is 6.20 Å². The average Bonchev–Trinajstić information content (AvgIpc) is 1.92. The van der Waals surface area contributed by atoms with Gasteiger partial charge in [-0.15, -0.1) is 0 Å². The lowest BCUT2D eigenvalue weighted by Gasteiger charge is -2.16. The van der Waals surface area contributed by atoms with Crippen molar-refractivity contribution >= 4 is 29.9 Å². The fourth-order valence-corrected chi connectivity index (χ4v) is 0.894. The number of pyridine rings is 1. The van der Waals surface area contributed by atoms with Crippen molar-refractivity contribution in [2.75, 3.05) is 5.73 Å². The Morgan fingerprint density at radius 3 is 2.42 bits per heavy atom. The molecule has 1 rings (SSSR count). The summed E-state index contributed by atoms with van der Waals surface area (Å²) in [4.78, 5) is 3.29. The Hall–Kier alpha value is -0.905. The Kier molecular flexibility index (Phi) is 2.19. The second-order valence-electron chi connectivity index (χ2n) is 2.20. The molecule has 1 aromatic heterocycles.